The Kier molecular flexibility index (Phi) is 2.33. The highest BCUT2D eigenvalue weighted by atomic mass is 32.2. The molecule has 0 fully saturated rings. The van der Waals surface area contributed by atoms with Crippen LogP contribution in [0.5, 0.6) is 0 Å². The van der Waals surface area contributed by atoms with Gasteiger partial charge in [-0.2, -0.15) is 10.2 Å². The Morgan fingerprint density at radius 3 is 3.18 bits per heavy atom. The normalized spacial score (nSPS) is 9.45. The zero-order chi connectivity index (χ0) is 8.27. The molecule has 5 nitrogen and oxygen atoms in total. The Hall–Kier alpha value is -1.22. The standard InChI is InChI=1S/C5H6N4OS/c1-11-5-7-4(10)8-9(5)3-2-6/h3H2,1H3,(H,8,10). The largest absolute Gasteiger partial charge is 0.362 e. The minimum absolute atomic E-state index is 0.130. The topological polar surface area (TPSA) is 74.5 Å². The van der Waals surface area contributed by atoms with Gasteiger partial charge in [0.25, 0.3) is 0 Å². The van der Waals surface area contributed by atoms with Gasteiger partial charge < -0.3 is 0 Å². The molecular weight excluding hydrogens is 164 g/mol. The maximum atomic E-state index is 10.6. The quantitative estimate of drug-likeness (QED) is 0.624. The third-order valence-corrected chi connectivity index (χ3v) is 1.75. The van der Waals surface area contributed by atoms with E-state index in [1.165, 1.54) is 16.4 Å². The molecule has 1 rings (SSSR count). The second kappa shape index (κ2) is 3.25. The van der Waals surface area contributed by atoms with Crippen LogP contribution in [0.2, 0.25) is 0 Å². The second-order valence-corrected chi connectivity index (χ2v) is 2.53. The number of hydrogen-bond acceptors (Lipinski definition) is 4. The smallest absolute Gasteiger partial charge is 0.247 e. The number of aromatic nitrogens is 3. The molecule has 0 atom stereocenters. The summed E-state index contributed by atoms with van der Waals surface area (Å²) >= 11 is 1.33. The Labute approximate surface area is 67.0 Å². The average Bonchev–Trinajstić information content (AvgIpc) is 2.32. The number of nitrogens with zero attached hydrogens (tertiary/aromatic N) is 3. The summed E-state index contributed by atoms with van der Waals surface area (Å²) in [5, 5.41) is 11.3. The van der Waals surface area contributed by atoms with Gasteiger partial charge in [-0.3, -0.25) is 0 Å². The van der Waals surface area contributed by atoms with Crippen molar-refractivity contribution in [3.8, 4) is 6.07 Å². The van der Waals surface area contributed by atoms with Gasteiger partial charge in [-0.05, 0) is 6.26 Å². The van der Waals surface area contributed by atoms with Crippen molar-refractivity contribution in [3.05, 3.63) is 10.5 Å². The molecule has 1 aromatic heterocycles. The van der Waals surface area contributed by atoms with Gasteiger partial charge in [0.15, 0.2) is 5.16 Å². The Bertz CT molecular complexity index is 333. The summed E-state index contributed by atoms with van der Waals surface area (Å²) < 4.78 is 1.41. The molecule has 0 radical (unpaired) electrons. The first kappa shape index (κ1) is 7.88. The van der Waals surface area contributed by atoms with E-state index in [0.29, 0.717) is 5.16 Å². The zero-order valence-electron chi connectivity index (χ0n) is 5.87. The van der Waals surface area contributed by atoms with Gasteiger partial charge in [-0.25, -0.2) is 14.6 Å². The number of nitrogens with one attached hydrogen (secondary N) is 1. The molecule has 0 aliphatic rings. The fraction of sp³-hybridized carbons (Fsp3) is 0.400. The lowest BCUT2D eigenvalue weighted by Crippen LogP contribution is -2.05. The molecule has 1 aromatic rings. The van der Waals surface area contributed by atoms with Crippen molar-refractivity contribution in [1.29, 1.82) is 5.26 Å². The summed E-state index contributed by atoms with van der Waals surface area (Å²) in [4.78, 5) is 14.2. The van der Waals surface area contributed by atoms with Gasteiger partial charge >= 0.3 is 5.69 Å². The Morgan fingerprint density at radius 1 is 1.91 bits per heavy atom. The van der Waals surface area contributed by atoms with Crippen LogP contribution in [0, 0.1) is 11.3 Å². The van der Waals surface area contributed by atoms with Crippen molar-refractivity contribution < 1.29 is 0 Å². The Morgan fingerprint density at radius 2 is 2.64 bits per heavy atom. The van der Waals surface area contributed by atoms with E-state index in [4.69, 9.17) is 5.26 Å². The first-order valence-electron chi connectivity index (χ1n) is 2.85. The molecule has 1 N–H and O–H groups in total. The minimum Gasteiger partial charge on any atom is -0.247 e. The van der Waals surface area contributed by atoms with Crippen LogP contribution in [-0.4, -0.2) is 21.0 Å². The van der Waals surface area contributed by atoms with Crippen LogP contribution >= 0.6 is 11.8 Å². The molecule has 0 spiro atoms. The summed E-state index contributed by atoms with van der Waals surface area (Å²) in [5.41, 5.74) is -0.412. The van der Waals surface area contributed by atoms with Crippen LogP contribution in [0.3, 0.4) is 0 Å². The molecule has 0 saturated heterocycles. The number of rotatable bonds is 2. The minimum atomic E-state index is -0.412. The molecule has 0 saturated carbocycles. The van der Waals surface area contributed by atoms with Gasteiger partial charge in [0, 0.05) is 0 Å². The zero-order valence-corrected chi connectivity index (χ0v) is 6.68. The summed E-state index contributed by atoms with van der Waals surface area (Å²) in [6.07, 6.45) is 1.80. The van der Waals surface area contributed by atoms with Gasteiger partial charge in [-0.15, -0.1) is 0 Å². The summed E-state index contributed by atoms with van der Waals surface area (Å²) in [7, 11) is 0. The van der Waals surface area contributed by atoms with Crippen LogP contribution < -0.4 is 5.69 Å². The average molecular weight is 170 g/mol. The van der Waals surface area contributed by atoms with Crippen LogP contribution in [0.1, 0.15) is 0 Å². The molecule has 6 heteroatoms. The van der Waals surface area contributed by atoms with E-state index in [0.717, 1.165) is 0 Å². The molecule has 0 aliphatic carbocycles. The monoisotopic (exact) mass is 170 g/mol. The first-order valence-corrected chi connectivity index (χ1v) is 4.08. The van der Waals surface area contributed by atoms with Crippen molar-refractivity contribution in [2.24, 2.45) is 0 Å². The number of hydrogen-bond donors (Lipinski definition) is 1. The van der Waals surface area contributed by atoms with E-state index < -0.39 is 5.69 Å². The molecule has 0 unspecified atom stereocenters. The summed E-state index contributed by atoms with van der Waals surface area (Å²) in [5.74, 6) is 0. The Balaban J connectivity index is 3.04. The van der Waals surface area contributed by atoms with Crippen LogP contribution in [0.25, 0.3) is 0 Å². The summed E-state index contributed by atoms with van der Waals surface area (Å²) in [6, 6.07) is 1.91. The molecule has 0 aliphatic heterocycles. The molecule has 0 aromatic carbocycles. The number of H-pyrrole nitrogens is 1. The fourth-order valence-corrected chi connectivity index (χ4v) is 1.17. The maximum absolute atomic E-state index is 10.6. The third-order valence-electron chi connectivity index (χ3n) is 1.07. The van der Waals surface area contributed by atoms with Crippen LogP contribution in [0.15, 0.2) is 9.95 Å². The van der Waals surface area contributed by atoms with Gasteiger partial charge in [0.05, 0.1) is 6.07 Å². The van der Waals surface area contributed by atoms with Crippen LogP contribution in [-0.2, 0) is 6.54 Å². The number of thioether (sulfide) groups is 1. The lowest BCUT2D eigenvalue weighted by molar-refractivity contribution is 0.635. The third kappa shape index (κ3) is 1.62. The van der Waals surface area contributed by atoms with Gasteiger partial charge in [0.1, 0.15) is 6.54 Å². The predicted molar refractivity (Wildman–Crippen MR) is 40.2 cm³/mol. The highest BCUT2D eigenvalue weighted by molar-refractivity contribution is 7.98. The van der Waals surface area contributed by atoms with Crippen molar-refractivity contribution >= 4 is 11.8 Å². The fourth-order valence-electron chi connectivity index (χ4n) is 0.669. The van der Waals surface area contributed by atoms with Gasteiger partial charge in [0.2, 0.25) is 0 Å². The van der Waals surface area contributed by atoms with Crippen molar-refractivity contribution in [3.63, 3.8) is 0 Å². The molecule has 0 amide bonds. The highest BCUT2D eigenvalue weighted by Gasteiger charge is 2.02. The first-order chi connectivity index (χ1) is 5.27. The second-order valence-electron chi connectivity index (χ2n) is 1.76. The van der Waals surface area contributed by atoms with E-state index in [1.807, 2.05) is 6.07 Å². The predicted octanol–water partition coefficient (Wildman–Crippen LogP) is -0.183. The van der Waals surface area contributed by atoms with E-state index in [2.05, 4.69) is 10.1 Å². The van der Waals surface area contributed by atoms with E-state index in [-0.39, 0.29) is 6.54 Å². The van der Waals surface area contributed by atoms with E-state index in [1.54, 1.807) is 6.26 Å². The van der Waals surface area contributed by atoms with E-state index in [9.17, 15) is 4.79 Å². The van der Waals surface area contributed by atoms with Crippen LogP contribution in [0.4, 0.5) is 0 Å². The molecular formula is C5H6N4OS. The van der Waals surface area contributed by atoms with Crippen molar-refractivity contribution in [2.75, 3.05) is 6.26 Å². The van der Waals surface area contributed by atoms with Crippen molar-refractivity contribution in [1.82, 2.24) is 14.8 Å². The lowest BCUT2D eigenvalue weighted by atomic mass is 10.7. The number of aromatic amines is 1. The highest BCUT2D eigenvalue weighted by Crippen LogP contribution is 2.06. The summed E-state index contributed by atoms with van der Waals surface area (Å²) in [6.45, 7) is 0.130. The molecule has 1 heterocycles. The SMILES string of the molecule is CSc1nc(=O)[nH]n1CC#N. The maximum Gasteiger partial charge on any atom is 0.362 e. The lowest BCUT2D eigenvalue weighted by Gasteiger charge is -1.95. The molecule has 58 valence electrons. The molecule has 0 bridgehead atoms. The van der Waals surface area contributed by atoms with E-state index >= 15 is 0 Å². The number of nitriles is 1. The molecule has 11 heavy (non-hydrogen) atoms. The van der Waals surface area contributed by atoms with Crippen molar-refractivity contribution in [2.45, 2.75) is 11.7 Å². The van der Waals surface area contributed by atoms with Gasteiger partial charge in [-0.1, -0.05) is 11.8 Å².